The zero-order valence-corrected chi connectivity index (χ0v) is 24.5. The Morgan fingerprint density at radius 2 is 1.78 bits per heavy atom. The summed E-state index contributed by atoms with van der Waals surface area (Å²) in [5.41, 5.74) is 1.41. The summed E-state index contributed by atoms with van der Waals surface area (Å²) in [6, 6.07) is 10.9. The first-order chi connectivity index (χ1) is 21.8. The van der Waals surface area contributed by atoms with E-state index in [1.807, 2.05) is 6.07 Å². The molecular weight excluding hydrogens is 611 g/mol. The van der Waals surface area contributed by atoms with E-state index in [9.17, 15) is 41.6 Å². The summed E-state index contributed by atoms with van der Waals surface area (Å²) in [5.74, 6) is -4.21. The average Bonchev–Trinajstić information content (AvgIpc) is 3.91. The standard InChI is InChI=1S/C32H29F5N6O3/c33-31(34)16-42(17-31)29(45)24-9-18(13-38)1-6-23(24)21-11-26(20-2-3-20)40-27(12-21)41-28(44)25-10-19(14-39-8-7-32(35,36)37)15-43(30(25)46)22-4-5-22/h1,6,9-12,15,20,22,39H,2-5,7-8,14,16-17H2,(H,40,41,44). The van der Waals surface area contributed by atoms with E-state index in [0.29, 0.717) is 22.4 Å². The molecule has 0 spiro atoms. The van der Waals surface area contributed by atoms with Gasteiger partial charge in [-0.1, -0.05) is 6.07 Å². The van der Waals surface area contributed by atoms with Gasteiger partial charge in [-0.15, -0.1) is 0 Å². The van der Waals surface area contributed by atoms with Crippen LogP contribution in [0.2, 0.25) is 0 Å². The van der Waals surface area contributed by atoms with Crippen molar-refractivity contribution in [2.24, 2.45) is 0 Å². The average molecular weight is 641 g/mol. The zero-order chi connectivity index (χ0) is 32.8. The van der Waals surface area contributed by atoms with E-state index in [1.165, 1.54) is 28.8 Å². The van der Waals surface area contributed by atoms with E-state index in [1.54, 1.807) is 18.3 Å². The number of nitrogens with one attached hydrogen (secondary N) is 2. The second kappa shape index (κ2) is 11.9. The van der Waals surface area contributed by atoms with E-state index in [0.717, 1.165) is 30.6 Å². The van der Waals surface area contributed by atoms with E-state index in [-0.39, 0.29) is 47.6 Å². The third-order valence-corrected chi connectivity index (χ3v) is 8.10. The maximum absolute atomic E-state index is 13.6. The van der Waals surface area contributed by atoms with Crippen molar-refractivity contribution in [3.05, 3.63) is 80.9 Å². The van der Waals surface area contributed by atoms with Crippen LogP contribution in [-0.2, 0) is 6.54 Å². The van der Waals surface area contributed by atoms with Gasteiger partial charge in [0.25, 0.3) is 23.3 Å². The molecule has 46 heavy (non-hydrogen) atoms. The van der Waals surface area contributed by atoms with Crippen molar-refractivity contribution in [2.75, 3.05) is 25.0 Å². The van der Waals surface area contributed by atoms with Crippen LogP contribution in [0.15, 0.2) is 47.4 Å². The molecule has 1 aromatic carbocycles. The maximum atomic E-state index is 13.6. The normalized spacial score (nSPS) is 17.3. The number of benzene rings is 1. The summed E-state index contributed by atoms with van der Waals surface area (Å²) in [5, 5.41) is 14.8. The Morgan fingerprint density at radius 1 is 1.04 bits per heavy atom. The summed E-state index contributed by atoms with van der Waals surface area (Å²) < 4.78 is 66.3. The molecule has 6 rings (SSSR count). The van der Waals surface area contributed by atoms with Crippen LogP contribution in [0, 0.1) is 11.3 Å². The predicted octanol–water partition coefficient (Wildman–Crippen LogP) is 5.38. The minimum absolute atomic E-state index is 0.0152. The van der Waals surface area contributed by atoms with Gasteiger partial charge in [0.1, 0.15) is 11.4 Å². The number of carbonyl (C=O) groups excluding carboxylic acids is 2. The molecule has 240 valence electrons. The summed E-state index contributed by atoms with van der Waals surface area (Å²) >= 11 is 0. The molecule has 9 nitrogen and oxygen atoms in total. The van der Waals surface area contributed by atoms with Gasteiger partial charge in [-0.05, 0) is 72.7 Å². The van der Waals surface area contributed by atoms with Crippen molar-refractivity contribution < 1.29 is 31.5 Å². The number of rotatable bonds is 10. The van der Waals surface area contributed by atoms with Crippen LogP contribution in [0.1, 0.15) is 81.6 Å². The molecule has 3 aliphatic rings. The van der Waals surface area contributed by atoms with Gasteiger partial charge in [-0.3, -0.25) is 14.4 Å². The SMILES string of the molecule is N#Cc1ccc(-c2cc(NC(=O)c3cc(CNCCC(F)(F)F)cn(C4CC4)c3=O)nc(C3CC3)c2)c(C(=O)N2CC(F)(F)C2)c1. The van der Waals surface area contributed by atoms with Gasteiger partial charge in [0.2, 0.25) is 0 Å². The summed E-state index contributed by atoms with van der Waals surface area (Å²) in [6.45, 7) is -1.78. The molecular formula is C32H29F5N6O3. The fourth-order valence-electron chi connectivity index (χ4n) is 5.42. The van der Waals surface area contributed by atoms with Gasteiger partial charge in [-0.2, -0.15) is 18.4 Å². The maximum Gasteiger partial charge on any atom is 0.390 e. The van der Waals surface area contributed by atoms with Gasteiger partial charge in [-0.25, -0.2) is 13.8 Å². The summed E-state index contributed by atoms with van der Waals surface area (Å²) in [7, 11) is 0. The number of nitrogens with zero attached hydrogens (tertiary/aromatic N) is 4. The fourth-order valence-corrected chi connectivity index (χ4v) is 5.42. The number of amides is 2. The van der Waals surface area contributed by atoms with Crippen molar-refractivity contribution in [1.29, 1.82) is 5.26 Å². The highest BCUT2D eigenvalue weighted by atomic mass is 19.4. The Balaban J connectivity index is 1.30. The first kappa shape index (κ1) is 31.3. The highest BCUT2D eigenvalue weighted by Crippen LogP contribution is 2.42. The highest BCUT2D eigenvalue weighted by Gasteiger charge is 2.46. The van der Waals surface area contributed by atoms with E-state index >= 15 is 0 Å². The molecule has 14 heteroatoms. The van der Waals surface area contributed by atoms with Crippen LogP contribution in [0.25, 0.3) is 11.1 Å². The van der Waals surface area contributed by atoms with Crippen LogP contribution in [0.4, 0.5) is 27.8 Å². The minimum Gasteiger partial charge on any atom is -0.326 e. The number of anilines is 1. The lowest BCUT2D eigenvalue weighted by Crippen LogP contribution is -2.58. The van der Waals surface area contributed by atoms with Crippen molar-refractivity contribution in [3.8, 4) is 17.2 Å². The van der Waals surface area contributed by atoms with Crippen molar-refractivity contribution in [3.63, 3.8) is 0 Å². The van der Waals surface area contributed by atoms with E-state index in [2.05, 4.69) is 15.6 Å². The molecule has 1 aliphatic heterocycles. The second-order valence-electron chi connectivity index (χ2n) is 12.0. The first-order valence-electron chi connectivity index (χ1n) is 14.9. The number of alkyl halides is 5. The number of halogens is 5. The van der Waals surface area contributed by atoms with Gasteiger partial charge in [0.05, 0.1) is 31.1 Å². The molecule has 3 fully saturated rings. The molecule has 3 aromatic rings. The topological polar surface area (TPSA) is 120 Å². The quantitative estimate of drug-likeness (QED) is 0.227. The fraction of sp³-hybridized carbons (Fsp3) is 0.406. The molecule has 0 unspecified atom stereocenters. The third-order valence-electron chi connectivity index (χ3n) is 8.10. The van der Waals surface area contributed by atoms with Crippen LogP contribution in [0.5, 0.6) is 0 Å². The Morgan fingerprint density at radius 3 is 2.41 bits per heavy atom. The Kier molecular flexibility index (Phi) is 8.14. The lowest BCUT2D eigenvalue weighted by Gasteiger charge is -2.39. The molecule has 2 N–H and O–H groups in total. The van der Waals surface area contributed by atoms with E-state index < -0.39 is 49.0 Å². The molecule has 2 aromatic heterocycles. The first-order valence-corrected chi connectivity index (χ1v) is 14.9. The molecule has 2 saturated carbocycles. The smallest absolute Gasteiger partial charge is 0.326 e. The number of likely N-dealkylation sites (tertiary alicyclic amines) is 1. The van der Waals surface area contributed by atoms with Crippen LogP contribution < -0.4 is 16.2 Å². The summed E-state index contributed by atoms with van der Waals surface area (Å²) in [6.07, 6.45) is -0.615. The van der Waals surface area contributed by atoms with Gasteiger partial charge >= 0.3 is 6.18 Å². The van der Waals surface area contributed by atoms with Crippen LogP contribution in [0.3, 0.4) is 0 Å². The number of aromatic nitrogens is 2. The number of pyridine rings is 2. The lowest BCUT2D eigenvalue weighted by atomic mass is 9.95. The Hall–Kier alpha value is -4.64. The molecule has 1 saturated heterocycles. The van der Waals surface area contributed by atoms with Crippen molar-refractivity contribution in [2.45, 2.75) is 62.7 Å². The minimum atomic E-state index is -4.32. The van der Waals surface area contributed by atoms with Crippen LogP contribution >= 0.6 is 0 Å². The van der Waals surface area contributed by atoms with E-state index in [4.69, 9.17) is 0 Å². The largest absolute Gasteiger partial charge is 0.390 e. The highest BCUT2D eigenvalue weighted by molar-refractivity contribution is 6.05. The molecule has 3 heterocycles. The molecule has 0 radical (unpaired) electrons. The lowest BCUT2D eigenvalue weighted by molar-refractivity contribution is -0.133. The van der Waals surface area contributed by atoms with Gasteiger partial charge in [0, 0.05) is 42.5 Å². The Labute approximate surface area is 260 Å². The van der Waals surface area contributed by atoms with Crippen molar-refractivity contribution >= 4 is 17.6 Å². The zero-order valence-electron chi connectivity index (χ0n) is 24.5. The monoisotopic (exact) mass is 640 g/mol. The van der Waals surface area contributed by atoms with Gasteiger partial charge < -0.3 is 20.1 Å². The second-order valence-corrected chi connectivity index (χ2v) is 12.0. The third kappa shape index (κ3) is 7.09. The number of nitriles is 1. The molecule has 0 atom stereocenters. The van der Waals surface area contributed by atoms with Crippen molar-refractivity contribution in [1.82, 2.24) is 19.8 Å². The summed E-state index contributed by atoms with van der Waals surface area (Å²) in [4.78, 5) is 45.7. The number of carbonyl (C=O) groups is 2. The number of hydrogen-bond donors (Lipinski definition) is 2. The number of hydrogen-bond acceptors (Lipinski definition) is 6. The van der Waals surface area contributed by atoms with Gasteiger partial charge in [0.15, 0.2) is 0 Å². The molecule has 2 amide bonds. The molecule has 0 bridgehead atoms. The molecule has 2 aliphatic carbocycles. The van der Waals surface area contributed by atoms with Crippen LogP contribution in [-0.4, -0.2) is 58.0 Å². The Bertz CT molecular complexity index is 1800. The predicted molar refractivity (Wildman–Crippen MR) is 157 cm³/mol.